The van der Waals surface area contributed by atoms with Crippen LogP contribution in [-0.4, -0.2) is 4.71 Å². The van der Waals surface area contributed by atoms with Crippen molar-refractivity contribution in [3.63, 3.8) is 0 Å². The fourth-order valence-electron chi connectivity index (χ4n) is 0. The van der Waals surface area contributed by atoms with Crippen LogP contribution < -0.4 is 17.4 Å². The van der Waals surface area contributed by atoms with Gasteiger partial charge in [-0.3, -0.25) is 11.7 Å². The maximum absolute atomic E-state index is 4.84. The van der Waals surface area contributed by atoms with Crippen molar-refractivity contribution in [1.82, 2.24) is 0 Å². The SMILES string of the molecule is NC(S)S.NN. The predicted molar refractivity (Wildman–Crippen MR) is 34.3 cm³/mol. The molecule has 0 aromatic carbocycles. The molecule has 0 aliphatic rings. The Kier molecular flexibility index (Phi) is 14.9. The van der Waals surface area contributed by atoms with E-state index in [2.05, 4.69) is 36.9 Å². The second-order valence-electron chi connectivity index (χ2n) is 0.414. The Labute approximate surface area is 48.0 Å². The maximum Gasteiger partial charge on any atom is 0.0919 e. The molecule has 40 valence electrons. The molecular formula is CH9N3S2. The van der Waals surface area contributed by atoms with Crippen molar-refractivity contribution in [3.05, 3.63) is 0 Å². The molecule has 3 nitrogen and oxygen atoms in total. The minimum atomic E-state index is -0.278. The fraction of sp³-hybridized carbons (Fsp3) is 1.00. The van der Waals surface area contributed by atoms with E-state index in [4.69, 9.17) is 5.73 Å². The Bertz CT molecular complexity index is 13.5. The zero-order chi connectivity index (χ0) is 5.58. The molecule has 0 aliphatic carbocycles. The Balaban J connectivity index is 0. The number of thiol groups is 2. The molecule has 0 aromatic heterocycles. The third-order valence-electron chi connectivity index (χ3n) is 0. The number of rotatable bonds is 0. The molecule has 0 fully saturated rings. The third kappa shape index (κ3) is 174. The van der Waals surface area contributed by atoms with Crippen LogP contribution in [-0.2, 0) is 0 Å². The molecule has 0 rings (SSSR count). The molecule has 0 aromatic rings. The van der Waals surface area contributed by atoms with Crippen molar-refractivity contribution in [3.8, 4) is 0 Å². The molecule has 5 heteroatoms. The van der Waals surface area contributed by atoms with Gasteiger partial charge in [0.2, 0.25) is 0 Å². The Morgan fingerprint density at radius 3 is 1.17 bits per heavy atom. The van der Waals surface area contributed by atoms with Gasteiger partial charge in [0.1, 0.15) is 0 Å². The van der Waals surface area contributed by atoms with Gasteiger partial charge >= 0.3 is 0 Å². The van der Waals surface area contributed by atoms with Gasteiger partial charge in [-0.1, -0.05) is 0 Å². The zero-order valence-corrected chi connectivity index (χ0v) is 4.99. The molecule has 0 spiro atoms. The average Bonchev–Trinajstić information content (AvgIpc) is 1.41. The quantitative estimate of drug-likeness (QED) is 0.124. The van der Waals surface area contributed by atoms with E-state index < -0.39 is 0 Å². The average molecular weight is 127 g/mol. The summed E-state index contributed by atoms with van der Waals surface area (Å²) in [6.07, 6.45) is 0. The highest BCUT2D eigenvalue weighted by atomic mass is 32.2. The van der Waals surface area contributed by atoms with Crippen molar-refractivity contribution in [2.24, 2.45) is 17.4 Å². The van der Waals surface area contributed by atoms with Gasteiger partial charge < -0.3 is 5.73 Å². The first-order valence-electron chi connectivity index (χ1n) is 1.18. The van der Waals surface area contributed by atoms with E-state index in [-0.39, 0.29) is 4.71 Å². The van der Waals surface area contributed by atoms with Crippen molar-refractivity contribution in [1.29, 1.82) is 0 Å². The van der Waals surface area contributed by atoms with Gasteiger partial charge in [-0.2, -0.15) is 25.3 Å². The summed E-state index contributed by atoms with van der Waals surface area (Å²) in [6.45, 7) is 0. The summed E-state index contributed by atoms with van der Waals surface area (Å²) in [6, 6.07) is 0. The van der Waals surface area contributed by atoms with Gasteiger partial charge in [0.15, 0.2) is 0 Å². The van der Waals surface area contributed by atoms with E-state index in [1.807, 2.05) is 0 Å². The van der Waals surface area contributed by atoms with E-state index >= 15 is 0 Å². The lowest BCUT2D eigenvalue weighted by Crippen LogP contribution is -2.02. The van der Waals surface area contributed by atoms with E-state index in [0.717, 1.165) is 0 Å². The van der Waals surface area contributed by atoms with Crippen molar-refractivity contribution >= 4 is 25.3 Å². The highest BCUT2D eigenvalue weighted by molar-refractivity contribution is 7.99. The molecule has 0 bridgehead atoms. The summed E-state index contributed by atoms with van der Waals surface area (Å²) in [5, 5.41) is 0. The first-order chi connectivity index (χ1) is 2.73. The predicted octanol–water partition coefficient (Wildman–Crippen LogP) is -1.09. The molecule has 0 saturated carbocycles. The number of hydrogen-bond donors (Lipinski definition) is 5. The van der Waals surface area contributed by atoms with E-state index in [0.29, 0.717) is 0 Å². The monoisotopic (exact) mass is 127 g/mol. The molecular weight excluding hydrogens is 118 g/mol. The largest absolute Gasteiger partial charge is 0.311 e. The van der Waals surface area contributed by atoms with Crippen LogP contribution in [0.2, 0.25) is 0 Å². The molecule has 0 unspecified atom stereocenters. The van der Waals surface area contributed by atoms with Crippen LogP contribution in [0, 0.1) is 0 Å². The lowest BCUT2D eigenvalue weighted by atomic mass is 11.5. The van der Waals surface area contributed by atoms with Crippen LogP contribution in [0.5, 0.6) is 0 Å². The van der Waals surface area contributed by atoms with Crippen LogP contribution in [0.25, 0.3) is 0 Å². The maximum atomic E-state index is 4.84. The smallest absolute Gasteiger partial charge is 0.0919 e. The number of hydrazine groups is 1. The molecule has 0 amide bonds. The van der Waals surface area contributed by atoms with Gasteiger partial charge in [0.05, 0.1) is 4.71 Å². The highest BCUT2D eigenvalue weighted by Crippen LogP contribution is 1.83. The van der Waals surface area contributed by atoms with Gasteiger partial charge in [-0.25, -0.2) is 0 Å². The zero-order valence-electron chi connectivity index (χ0n) is 3.20. The molecule has 0 saturated heterocycles. The fourth-order valence-corrected chi connectivity index (χ4v) is 0. The van der Waals surface area contributed by atoms with Gasteiger partial charge in [0.25, 0.3) is 0 Å². The summed E-state index contributed by atoms with van der Waals surface area (Å²) in [5.41, 5.74) is 4.84. The Morgan fingerprint density at radius 2 is 1.17 bits per heavy atom. The van der Waals surface area contributed by atoms with E-state index in [1.54, 1.807) is 0 Å². The van der Waals surface area contributed by atoms with Crippen LogP contribution >= 0.6 is 25.3 Å². The number of hydrogen-bond acceptors (Lipinski definition) is 5. The molecule has 0 radical (unpaired) electrons. The molecule has 6 N–H and O–H groups in total. The minimum absolute atomic E-state index is 0.278. The highest BCUT2D eigenvalue weighted by Gasteiger charge is 1.68. The van der Waals surface area contributed by atoms with Gasteiger partial charge in [-0.15, -0.1) is 0 Å². The van der Waals surface area contributed by atoms with Crippen molar-refractivity contribution in [2.75, 3.05) is 0 Å². The first-order valence-corrected chi connectivity index (χ1v) is 2.22. The van der Waals surface area contributed by atoms with Crippen LogP contribution in [0.4, 0.5) is 0 Å². The summed E-state index contributed by atoms with van der Waals surface area (Å²) >= 11 is 7.22. The number of nitrogens with two attached hydrogens (primary N) is 3. The van der Waals surface area contributed by atoms with Crippen LogP contribution in [0.15, 0.2) is 0 Å². The summed E-state index contributed by atoms with van der Waals surface area (Å²) in [7, 11) is 0. The molecule has 0 atom stereocenters. The lowest BCUT2D eigenvalue weighted by Gasteiger charge is -1.80. The van der Waals surface area contributed by atoms with E-state index in [1.165, 1.54) is 0 Å². The standard InChI is InChI=1S/CH5NS2.H4N2/c2-1(3)4;1-2/h1,3-4H,2H2;1-2H2. The lowest BCUT2D eigenvalue weighted by molar-refractivity contribution is 1.26. The molecule has 0 aliphatic heterocycles. The topological polar surface area (TPSA) is 78.1 Å². The molecule has 0 heterocycles. The summed E-state index contributed by atoms with van der Waals surface area (Å²) < 4.78 is -0.278. The van der Waals surface area contributed by atoms with E-state index in [9.17, 15) is 0 Å². The normalized spacial score (nSPS) is 7.00. The van der Waals surface area contributed by atoms with Crippen molar-refractivity contribution < 1.29 is 0 Å². The van der Waals surface area contributed by atoms with Gasteiger partial charge in [-0.05, 0) is 0 Å². The van der Waals surface area contributed by atoms with Crippen LogP contribution in [0.1, 0.15) is 0 Å². The summed E-state index contributed by atoms with van der Waals surface area (Å²) in [4.78, 5) is 0. The Morgan fingerprint density at radius 1 is 1.17 bits per heavy atom. The van der Waals surface area contributed by atoms with Gasteiger partial charge in [0, 0.05) is 0 Å². The molecule has 6 heavy (non-hydrogen) atoms. The first kappa shape index (κ1) is 9.77. The van der Waals surface area contributed by atoms with Crippen LogP contribution in [0.3, 0.4) is 0 Å². The third-order valence-corrected chi connectivity index (χ3v) is 0. The second kappa shape index (κ2) is 9.13. The second-order valence-corrected chi connectivity index (χ2v) is 1.93. The minimum Gasteiger partial charge on any atom is -0.311 e. The Hall–Kier alpha value is 0.580. The summed E-state index contributed by atoms with van der Waals surface area (Å²) in [5.74, 6) is 8.00. The van der Waals surface area contributed by atoms with Crippen molar-refractivity contribution in [2.45, 2.75) is 4.71 Å².